The number of nitrogens with zero attached hydrogens (tertiary/aromatic N) is 3. The van der Waals surface area contributed by atoms with Gasteiger partial charge in [0.2, 0.25) is 5.91 Å². The molecule has 2 N–H and O–H groups in total. The number of furan rings is 1. The molecule has 30 heavy (non-hydrogen) atoms. The third-order valence-electron chi connectivity index (χ3n) is 5.37. The van der Waals surface area contributed by atoms with Crippen LogP contribution in [0.15, 0.2) is 28.9 Å². The maximum Gasteiger partial charge on any atom is 0.410 e. The van der Waals surface area contributed by atoms with Crippen LogP contribution in [-0.2, 0) is 4.79 Å². The largest absolute Gasteiger partial charge is 0.467 e. The summed E-state index contributed by atoms with van der Waals surface area (Å²) in [5.74, 6) is 0.0531. The first-order chi connectivity index (χ1) is 14.3. The van der Waals surface area contributed by atoms with Crippen LogP contribution in [0.4, 0.5) is 19.0 Å². The second-order valence-corrected chi connectivity index (χ2v) is 7.46. The third kappa shape index (κ3) is 4.14. The average Bonchev–Trinajstić information content (AvgIpc) is 3.44. The molecule has 0 aromatic carbocycles. The lowest BCUT2D eigenvalue weighted by Gasteiger charge is -2.32. The van der Waals surface area contributed by atoms with Crippen LogP contribution in [0, 0.1) is 0 Å². The van der Waals surface area contributed by atoms with Crippen LogP contribution in [0.3, 0.4) is 0 Å². The van der Waals surface area contributed by atoms with Gasteiger partial charge < -0.3 is 20.0 Å². The lowest BCUT2D eigenvalue weighted by Crippen LogP contribution is -2.35. The second kappa shape index (κ2) is 8.04. The third-order valence-corrected chi connectivity index (χ3v) is 5.37. The number of aromatic nitrogens is 2. The van der Waals surface area contributed by atoms with Crippen molar-refractivity contribution in [2.45, 2.75) is 43.9 Å². The molecule has 1 saturated heterocycles. The Bertz CT molecular complexity index is 909. The molecule has 1 fully saturated rings. The molecule has 162 valence electrons. The van der Waals surface area contributed by atoms with E-state index in [2.05, 4.69) is 15.7 Å². The number of rotatable bonds is 6. The van der Waals surface area contributed by atoms with Gasteiger partial charge in [-0.25, -0.2) is 4.68 Å². The molecule has 8 nitrogen and oxygen atoms in total. The molecule has 2 aromatic rings. The van der Waals surface area contributed by atoms with E-state index < -0.39 is 24.2 Å². The maximum absolute atomic E-state index is 13.6. The van der Waals surface area contributed by atoms with Gasteiger partial charge in [0, 0.05) is 38.5 Å². The molecule has 0 aliphatic carbocycles. The quantitative estimate of drug-likeness (QED) is 0.695. The average molecular weight is 425 g/mol. The van der Waals surface area contributed by atoms with Gasteiger partial charge in [0.25, 0.3) is 5.91 Å². The highest BCUT2D eigenvalue weighted by Crippen LogP contribution is 2.43. The van der Waals surface area contributed by atoms with Gasteiger partial charge in [-0.3, -0.25) is 9.59 Å². The van der Waals surface area contributed by atoms with E-state index in [0.717, 1.165) is 17.6 Å². The number of carbonyl (C=O) groups is 2. The summed E-state index contributed by atoms with van der Waals surface area (Å²) in [5.41, 5.74) is -0.0934. The van der Waals surface area contributed by atoms with Crippen LogP contribution in [0.25, 0.3) is 0 Å². The lowest BCUT2D eigenvalue weighted by atomic mass is 10.0. The standard InChI is InChI=1S/C19H22F3N5O3/c20-19(21,22)15-10-12(14-4-2-9-30-14)24-16-11-13(25-27(15)16)18(29)23-6-3-8-26-7-1-5-17(26)28/h2,4,9,11-12,15,24H,1,3,5-8,10H2,(H,23,29)/t12-,15-/m0/s1. The van der Waals surface area contributed by atoms with Crippen molar-refractivity contribution in [1.82, 2.24) is 20.0 Å². The van der Waals surface area contributed by atoms with Crippen molar-refractivity contribution in [1.29, 1.82) is 0 Å². The van der Waals surface area contributed by atoms with Crippen molar-refractivity contribution >= 4 is 17.6 Å². The van der Waals surface area contributed by atoms with Gasteiger partial charge in [-0.15, -0.1) is 0 Å². The van der Waals surface area contributed by atoms with Gasteiger partial charge in [-0.1, -0.05) is 0 Å². The van der Waals surface area contributed by atoms with Gasteiger partial charge in [0.15, 0.2) is 11.7 Å². The molecule has 0 spiro atoms. The van der Waals surface area contributed by atoms with Gasteiger partial charge in [0.1, 0.15) is 11.6 Å². The first kappa shape index (κ1) is 20.3. The van der Waals surface area contributed by atoms with Crippen molar-refractivity contribution < 1.29 is 27.2 Å². The zero-order chi connectivity index (χ0) is 21.3. The van der Waals surface area contributed by atoms with Crippen LogP contribution in [0.1, 0.15) is 54.0 Å². The van der Waals surface area contributed by atoms with E-state index in [-0.39, 0.29) is 23.8 Å². The molecule has 2 aromatic heterocycles. The molecule has 0 unspecified atom stereocenters. The summed E-state index contributed by atoms with van der Waals surface area (Å²) in [4.78, 5) is 25.7. The number of fused-ring (bicyclic) bond motifs is 1. The Morgan fingerprint density at radius 3 is 2.90 bits per heavy atom. The topological polar surface area (TPSA) is 92.4 Å². The van der Waals surface area contributed by atoms with E-state index in [0.29, 0.717) is 31.7 Å². The number of hydrogen-bond donors (Lipinski definition) is 2. The van der Waals surface area contributed by atoms with E-state index in [9.17, 15) is 22.8 Å². The number of anilines is 1. The highest BCUT2D eigenvalue weighted by atomic mass is 19.4. The predicted octanol–water partition coefficient (Wildman–Crippen LogP) is 2.88. The zero-order valence-electron chi connectivity index (χ0n) is 16.1. The van der Waals surface area contributed by atoms with E-state index in [1.165, 1.54) is 12.3 Å². The number of alkyl halides is 3. The lowest BCUT2D eigenvalue weighted by molar-refractivity contribution is -0.174. The fourth-order valence-electron chi connectivity index (χ4n) is 3.86. The van der Waals surface area contributed by atoms with Crippen LogP contribution in [-0.4, -0.2) is 52.3 Å². The molecule has 2 aliphatic rings. The van der Waals surface area contributed by atoms with Gasteiger partial charge in [-0.05, 0) is 25.0 Å². The smallest absolute Gasteiger partial charge is 0.410 e. The fourth-order valence-corrected chi connectivity index (χ4v) is 3.86. The molecule has 11 heteroatoms. The van der Waals surface area contributed by atoms with Crippen molar-refractivity contribution in [3.63, 3.8) is 0 Å². The number of hydrogen-bond acceptors (Lipinski definition) is 5. The molecule has 0 saturated carbocycles. The Morgan fingerprint density at radius 2 is 2.23 bits per heavy atom. The normalized spacial score (nSPS) is 21.4. The summed E-state index contributed by atoms with van der Waals surface area (Å²) in [7, 11) is 0. The Kier molecular flexibility index (Phi) is 5.44. The van der Waals surface area contributed by atoms with Crippen LogP contribution in [0.5, 0.6) is 0 Å². The molecular formula is C19H22F3N5O3. The van der Waals surface area contributed by atoms with E-state index >= 15 is 0 Å². The summed E-state index contributed by atoms with van der Waals surface area (Å²) in [6, 6.07) is 1.99. The van der Waals surface area contributed by atoms with Crippen LogP contribution in [0.2, 0.25) is 0 Å². The SMILES string of the molecule is O=C(NCCCN1CCCC1=O)c1cc2n(n1)[C@H](C(F)(F)F)C[C@@H](c1ccco1)N2. The van der Waals surface area contributed by atoms with Crippen LogP contribution >= 0.6 is 0 Å². The first-order valence-corrected chi connectivity index (χ1v) is 9.85. The first-order valence-electron chi connectivity index (χ1n) is 9.85. The Balaban J connectivity index is 1.42. The van der Waals surface area contributed by atoms with Crippen molar-refractivity contribution in [3.8, 4) is 0 Å². The van der Waals surface area contributed by atoms with Crippen LogP contribution < -0.4 is 10.6 Å². The number of halogens is 3. The maximum atomic E-state index is 13.6. The van der Waals surface area contributed by atoms with Gasteiger partial charge in [-0.2, -0.15) is 18.3 Å². The summed E-state index contributed by atoms with van der Waals surface area (Å²) < 4.78 is 46.9. The molecule has 4 rings (SSSR count). The van der Waals surface area contributed by atoms with Gasteiger partial charge >= 0.3 is 6.18 Å². The summed E-state index contributed by atoms with van der Waals surface area (Å²) in [5, 5.41) is 9.54. The highest BCUT2D eigenvalue weighted by Gasteiger charge is 2.47. The Morgan fingerprint density at radius 1 is 1.40 bits per heavy atom. The highest BCUT2D eigenvalue weighted by molar-refractivity contribution is 5.93. The molecule has 4 heterocycles. The minimum absolute atomic E-state index is 0.0934. The van der Waals surface area contributed by atoms with E-state index in [1.807, 2.05) is 0 Å². The Labute approximate surface area is 170 Å². The fraction of sp³-hybridized carbons (Fsp3) is 0.526. The Hall–Kier alpha value is -2.98. The molecular weight excluding hydrogens is 403 g/mol. The summed E-state index contributed by atoms with van der Waals surface area (Å²) in [6.07, 6.45) is -1.45. The molecule has 2 atom stereocenters. The number of carbonyl (C=O) groups excluding carboxylic acids is 2. The summed E-state index contributed by atoms with van der Waals surface area (Å²) in [6.45, 7) is 1.57. The minimum atomic E-state index is -4.52. The monoisotopic (exact) mass is 425 g/mol. The molecule has 0 radical (unpaired) electrons. The molecule has 2 amide bonds. The van der Waals surface area contributed by atoms with E-state index in [1.54, 1.807) is 17.0 Å². The minimum Gasteiger partial charge on any atom is -0.467 e. The van der Waals surface area contributed by atoms with Crippen molar-refractivity contribution in [2.75, 3.05) is 25.0 Å². The second-order valence-electron chi connectivity index (χ2n) is 7.46. The predicted molar refractivity (Wildman–Crippen MR) is 99.8 cm³/mol. The zero-order valence-corrected chi connectivity index (χ0v) is 16.1. The molecule has 2 aliphatic heterocycles. The molecule has 0 bridgehead atoms. The van der Waals surface area contributed by atoms with Gasteiger partial charge in [0.05, 0.1) is 12.3 Å². The van der Waals surface area contributed by atoms with Crippen molar-refractivity contribution in [3.05, 3.63) is 35.9 Å². The summed E-state index contributed by atoms with van der Waals surface area (Å²) >= 11 is 0. The van der Waals surface area contributed by atoms with E-state index in [4.69, 9.17) is 4.42 Å². The van der Waals surface area contributed by atoms with Crippen molar-refractivity contribution in [2.24, 2.45) is 0 Å². The number of nitrogens with one attached hydrogen (secondary N) is 2. The number of likely N-dealkylation sites (tertiary alicyclic amines) is 1. The number of amides is 2.